The SMILES string of the molecule is COc1ccccc1N=C(c1ccccc1)c1nccnc1C. The monoisotopic (exact) mass is 303 g/mol. The van der Waals surface area contributed by atoms with Crippen LogP contribution in [0.15, 0.2) is 72.0 Å². The lowest BCUT2D eigenvalue weighted by atomic mass is 10.1. The number of hydrogen-bond acceptors (Lipinski definition) is 4. The number of ether oxygens (including phenoxy) is 1. The number of hydrogen-bond donors (Lipinski definition) is 0. The fourth-order valence-corrected chi connectivity index (χ4v) is 2.33. The van der Waals surface area contributed by atoms with Crippen LogP contribution in [0.1, 0.15) is 17.0 Å². The lowest BCUT2D eigenvalue weighted by Gasteiger charge is -2.10. The van der Waals surface area contributed by atoms with Crippen LogP contribution in [0.4, 0.5) is 5.69 Å². The Morgan fingerprint density at radius 3 is 2.35 bits per heavy atom. The van der Waals surface area contributed by atoms with E-state index in [2.05, 4.69) is 9.97 Å². The molecule has 0 amide bonds. The summed E-state index contributed by atoms with van der Waals surface area (Å²) in [5.41, 5.74) is 4.14. The fourth-order valence-electron chi connectivity index (χ4n) is 2.33. The molecule has 4 nitrogen and oxygen atoms in total. The van der Waals surface area contributed by atoms with Gasteiger partial charge in [0.1, 0.15) is 17.1 Å². The van der Waals surface area contributed by atoms with Gasteiger partial charge in [-0.05, 0) is 19.1 Å². The Hall–Kier alpha value is -3.01. The molecule has 4 heteroatoms. The first-order chi connectivity index (χ1) is 11.3. The van der Waals surface area contributed by atoms with Crippen LogP contribution < -0.4 is 4.74 Å². The van der Waals surface area contributed by atoms with E-state index in [0.29, 0.717) is 0 Å². The molecule has 0 bridgehead atoms. The van der Waals surface area contributed by atoms with Crippen LogP contribution in [0.2, 0.25) is 0 Å². The van der Waals surface area contributed by atoms with Crippen LogP contribution in [-0.2, 0) is 0 Å². The molecule has 0 aliphatic carbocycles. The molecule has 0 atom stereocenters. The summed E-state index contributed by atoms with van der Waals surface area (Å²) in [5.74, 6) is 0.725. The zero-order valence-electron chi connectivity index (χ0n) is 13.1. The highest BCUT2D eigenvalue weighted by molar-refractivity contribution is 6.13. The van der Waals surface area contributed by atoms with Crippen molar-refractivity contribution in [3.8, 4) is 5.75 Å². The number of methoxy groups -OCH3 is 1. The second kappa shape index (κ2) is 6.83. The molecule has 0 N–H and O–H groups in total. The molecular formula is C19H17N3O. The van der Waals surface area contributed by atoms with Crippen LogP contribution >= 0.6 is 0 Å². The highest BCUT2D eigenvalue weighted by Gasteiger charge is 2.13. The molecule has 0 radical (unpaired) electrons. The van der Waals surface area contributed by atoms with Gasteiger partial charge in [0.25, 0.3) is 0 Å². The molecule has 114 valence electrons. The smallest absolute Gasteiger partial charge is 0.144 e. The summed E-state index contributed by atoms with van der Waals surface area (Å²) in [7, 11) is 1.64. The number of aromatic nitrogens is 2. The molecule has 2 aromatic carbocycles. The van der Waals surface area contributed by atoms with Crippen LogP contribution in [0, 0.1) is 6.92 Å². The summed E-state index contributed by atoms with van der Waals surface area (Å²) in [6.07, 6.45) is 3.37. The Labute approximate surface area is 135 Å². The fraction of sp³-hybridized carbons (Fsp3) is 0.105. The Bertz CT molecular complexity index is 829. The molecule has 0 saturated carbocycles. The zero-order chi connectivity index (χ0) is 16.1. The van der Waals surface area contributed by atoms with E-state index in [1.54, 1.807) is 19.5 Å². The average Bonchev–Trinajstić information content (AvgIpc) is 2.61. The van der Waals surface area contributed by atoms with Crippen molar-refractivity contribution in [1.82, 2.24) is 9.97 Å². The molecule has 0 spiro atoms. The van der Waals surface area contributed by atoms with Crippen LogP contribution in [0.25, 0.3) is 0 Å². The predicted octanol–water partition coefficient (Wildman–Crippen LogP) is 3.96. The second-order valence-corrected chi connectivity index (χ2v) is 4.99. The minimum Gasteiger partial charge on any atom is -0.494 e. The van der Waals surface area contributed by atoms with Gasteiger partial charge in [0, 0.05) is 18.0 Å². The number of para-hydroxylation sites is 2. The number of nitrogens with zero attached hydrogens (tertiary/aromatic N) is 3. The van der Waals surface area contributed by atoms with Gasteiger partial charge in [-0.1, -0.05) is 42.5 Å². The summed E-state index contributed by atoms with van der Waals surface area (Å²) in [4.78, 5) is 13.6. The molecular weight excluding hydrogens is 286 g/mol. The Morgan fingerprint density at radius 1 is 0.913 bits per heavy atom. The van der Waals surface area contributed by atoms with Crippen molar-refractivity contribution >= 4 is 11.4 Å². The molecule has 1 aromatic heterocycles. The van der Waals surface area contributed by atoms with Crippen molar-refractivity contribution in [2.24, 2.45) is 4.99 Å². The molecule has 3 rings (SSSR count). The van der Waals surface area contributed by atoms with Gasteiger partial charge in [0.05, 0.1) is 18.5 Å². The van der Waals surface area contributed by atoms with Gasteiger partial charge in [-0.25, -0.2) is 4.99 Å². The minimum absolute atomic E-state index is 0.725. The topological polar surface area (TPSA) is 47.4 Å². The van der Waals surface area contributed by atoms with Gasteiger partial charge < -0.3 is 4.74 Å². The Morgan fingerprint density at radius 2 is 1.61 bits per heavy atom. The molecule has 3 aromatic rings. The van der Waals surface area contributed by atoms with Crippen LogP contribution in [-0.4, -0.2) is 22.8 Å². The maximum absolute atomic E-state index is 5.41. The normalized spacial score (nSPS) is 11.3. The number of benzene rings is 2. The standard InChI is InChI=1S/C19H17N3O/c1-14-18(21-13-12-20-14)19(15-8-4-3-5-9-15)22-16-10-6-7-11-17(16)23-2/h3-13H,1-2H3. The van der Waals surface area contributed by atoms with E-state index >= 15 is 0 Å². The molecule has 23 heavy (non-hydrogen) atoms. The van der Waals surface area contributed by atoms with Crippen molar-refractivity contribution in [3.05, 3.63) is 83.9 Å². The van der Waals surface area contributed by atoms with Crippen LogP contribution in [0.3, 0.4) is 0 Å². The van der Waals surface area contributed by atoms with Gasteiger partial charge in [-0.15, -0.1) is 0 Å². The highest BCUT2D eigenvalue weighted by atomic mass is 16.5. The average molecular weight is 303 g/mol. The van der Waals surface area contributed by atoms with E-state index < -0.39 is 0 Å². The maximum atomic E-state index is 5.41. The lowest BCUT2D eigenvalue weighted by Crippen LogP contribution is -2.09. The number of aryl methyl sites for hydroxylation is 1. The summed E-state index contributed by atoms with van der Waals surface area (Å²) < 4.78 is 5.41. The Kier molecular flexibility index (Phi) is 4.43. The first-order valence-electron chi connectivity index (χ1n) is 7.34. The number of aliphatic imine (C=N–C) groups is 1. The molecule has 0 aliphatic heterocycles. The third-order valence-electron chi connectivity index (χ3n) is 3.47. The summed E-state index contributed by atoms with van der Waals surface area (Å²) >= 11 is 0. The maximum Gasteiger partial charge on any atom is 0.144 e. The summed E-state index contributed by atoms with van der Waals surface area (Å²) in [5, 5.41) is 0. The first-order valence-corrected chi connectivity index (χ1v) is 7.34. The van der Waals surface area contributed by atoms with Gasteiger partial charge in [0.15, 0.2) is 0 Å². The molecule has 0 saturated heterocycles. The van der Waals surface area contributed by atoms with E-state index in [1.165, 1.54) is 0 Å². The highest BCUT2D eigenvalue weighted by Crippen LogP contribution is 2.28. The number of rotatable bonds is 4. The molecule has 0 unspecified atom stereocenters. The first kappa shape index (κ1) is 14.9. The van der Waals surface area contributed by atoms with Crippen molar-refractivity contribution in [3.63, 3.8) is 0 Å². The summed E-state index contributed by atoms with van der Waals surface area (Å²) in [6.45, 7) is 1.93. The molecule has 0 fully saturated rings. The van der Waals surface area contributed by atoms with Gasteiger partial charge in [-0.3, -0.25) is 9.97 Å². The molecule has 1 heterocycles. The van der Waals surface area contributed by atoms with Gasteiger partial charge >= 0.3 is 0 Å². The minimum atomic E-state index is 0.725. The quantitative estimate of drug-likeness (QED) is 0.685. The second-order valence-electron chi connectivity index (χ2n) is 4.99. The van der Waals surface area contributed by atoms with Crippen LogP contribution in [0.5, 0.6) is 5.75 Å². The van der Waals surface area contributed by atoms with Crippen molar-refractivity contribution in [2.45, 2.75) is 6.92 Å². The van der Waals surface area contributed by atoms with E-state index in [0.717, 1.165) is 34.1 Å². The van der Waals surface area contributed by atoms with E-state index in [4.69, 9.17) is 9.73 Å². The van der Waals surface area contributed by atoms with E-state index in [-0.39, 0.29) is 0 Å². The third kappa shape index (κ3) is 3.26. The lowest BCUT2D eigenvalue weighted by molar-refractivity contribution is 0.416. The van der Waals surface area contributed by atoms with E-state index in [1.807, 2.05) is 61.5 Å². The summed E-state index contributed by atoms with van der Waals surface area (Å²) in [6, 6.07) is 17.7. The Balaban J connectivity index is 2.21. The van der Waals surface area contributed by atoms with Crippen molar-refractivity contribution in [2.75, 3.05) is 7.11 Å². The zero-order valence-corrected chi connectivity index (χ0v) is 13.1. The largest absolute Gasteiger partial charge is 0.494 e. The van der Waals surface area contributed by atoms with Crippen molar-refractivity contribution < 1.29 is 4.74 Å². The molecule has 0 aliphatic rings. The van der Waals surface area contributed by atoms with Gasteiger partial charge in [-0.2, -0.15) is 0 Å². The predicted molar refractivity (Wildman–Crippen MR) is 91.5 cm³/mol. The van der Waals surface area contributed by atoms with Gasteiger partial charge in [0.2, 0.25) is 0 Å². The third-order valence-corrected chi connectivity index (χ3v) is 3.47. The van der Waals surface area contributed by atoms with Crippen molar-refractivity contribution in [1.29, 1.82) is 0 Å². The van der Waals surface area contributed by atoms with E-state index in [9.17, 15) is 0 Å².